The summed E-state index contributed by atoms with van der Waals surface area (Å²) < 4.78 is 10.7. The lowest BCUT2D eigenvalue weighted by Gasteiger charge is -2.11. The zero-order valence-electron chi connectivity index (χ0n) is 14.1. The summed E-state index contributed by atoms with van der Waals surface area (Å²) in [5.74, 6) is 1.56. The van der Waals surface area contributed by atoms with E-state index in [2.05, 4.69) is 21.0 Å². The zero-order valence-corrected chi connectivity index (χ0v) is 15.7. The van der Waals surface area contributed by atoms with Crippen LogP contribution in [0, 0.1) is 6.92 Å². The number of hydrogen-bond donors (Lipinski definition) is 2. The van der Waals surface area contributed by atoms with Crippen LogP contribution in [0.25, 0.3) is 11.3 Å². The van der Waals surface area contributed by atoms with Gasteiger partial charge in [-0.15, -0.1) is 11.3 Å². The van der Waals surface area contributed by atoms with E-state index in [0.29, 0.717) is 11.7 Å². The molecule has 132 valence electrons. The van der Waals surface area contributed by atoms with Crippen molar-refractivity contribution in [2.75, 3.05) is 12.1 Å². The number of anilines is 1. The van der Waals surface area contributed by atoms with E-state index in [1.165, 1.54) is 0 Å². The molecule has 1 aliphatic heterocycles. The van der Waals surface area contributed by atoms with Gasteiger partial charge in [-0.3, -0.25) is 0 Å². The summed E-state index contributed by atoms with van der Waals surface area (Å²) >= 11 is 7.03. The fraction of sp³-hybridized carbons (Fsp3) is 0.158. The highest BCUT2D eigenvalue weighted by Crippen LogP contribution is 2.32. The van der Waals surface area contributed by atoms with Crippen LogP contribution in [0.15, 0.2) is 47.8 Å². The number of fused-ring (bicyclic) bond motifs is 1. The normalized spacial score (nSPS) is 12.0. The summed E-state index contributed by atoms with van der Waals surface area (Å²) in [5.41, 5.74) is 4.11. The van der Waals surface area contributed by atoms with Gasteiger partial charge < -0.3 is 20.1 Å². The molecule has 0 unspecified atom stereocenters. The van der Waals surface area contributed by atoms with Crippen molar-refractivity contribution in [3.63, 3.8) is 0 Å². The van der Waals surface area contributed by atoms with Crippen molar-refractivity contribution < 1.29 is 9.47 Å². The predicted molar refractivity (Wildman–Crippen MR) is 108 cm³/mol. The average molecular weight is 383 g/mol. The maximum atomic E-state index is 5.39. The highest BCUT2D eigenvalue weighted by molar-refractivity contribution is 7.80. The molecule has 0 bridgehead atoms. The Morgan fingerprint density at radius 2 is 1.96 bits per heavy atom. The van der Waals surface area contributed by atoms with E-state index in [4.69, 9.17) is 21.7 Å². The first-order valence-corrected chi connectivity index (χ1v) is 9.42. The van der Waals surface area contributed by atoms with Gasteiger partial charge in [-0.25, -0.2) is 4.98 Å². The number of rotatable bonds is 4. The second-order valence-corrected chi connectivity index (χ2v) is 7.29. The topological polar surface area (TPSA) is 55.4 Å². The third-order valence-corrected chi connectivity index (χ3v) is 4.97. The zero-order chi connectivity index (χ0) is 17.9. The van der Waals surface area contributed by atoms with Crippen LogP contribution in [0.2, 0.25) is 0 Å². The number of hydrogen-bond acceptors (Lipinski definition) is 5. The van der Waals surface area contributed by atoms with Crippen LogP contribution in [0.3, 0.4) is 0 Å². The van der Waals surface area contributed by atoms with E-state index in [0.717, 1.165) is 39.0 Å². The largest absolute Gasteiger partial charge is 0.454 e. The molecule has 7 heteroatoms. The fourth-order valence-corrected chi connectivity index (χ4v) is 3.44. The van der Waals surface area contributed by atoms with E-state index in [1.807, 2.05) is 49.4 Å². The molecule has 5 nitrogen and oxygen atoms in total. The molecule has 0 fully saturated rings. The van der Waals surface area contributed by atoms with Crippen molar-refractivity contribution >= 4 is 34.4 Å². The Bertz CT molecular complexity index is 938. The third-order valence-electron chi connectivity index (χ3n) is 3.95. The van der Waals surface area contributed by atoms with Crippen molar-refractivity contribution in [3.8, 4) is 22.8 Å². The summed E-state index contributed by atoms with van der Waals surface area (Å²) in [6, 6.07) is 13.9. The molecule has 0 saturated heterocycles. The summed E-state index contributed by atoms with van der Waals surface area (Å²) in [7, 11) is 0. The summed E-state index contributed by atoms with van der Waals surface area (Å²) in [4.78, 5) is 4.50. The summed E-state index contributed by atoms with van der Waals surface area (Å²) in [6.45, 7) is 2.90. The first-order valence-electron chi connectivity index (χ1n) is 8.13. The van der Waals surface area contributed by atoms with E-state index >= 15 is 0 Å². The van der Waals surface area contributed by atoms with E-state index in [-0.39, 0.29) is 6.79 Å². The third kappa shape index (κ3) is 3.79. The monoisotopic (exact) mass is 383 g/mol. The van der Waals surface area contributed by atoms with E-state index in [1.54, 1.807) is 11.3 Å². The van der Waals surface area contributed by atoms with Crippen LogP contribution in [0.5, 0.6) is 11.5 Å². The number of nitrogens with one attached hydrogen (secondary N) is 2. The second-order valence-electron chi connectivity index (χ2n) is 5.82. The van der Waals surface area contributed by atoms with Crippen LogP contribution < -0.4 is 20.1 Å². The Morgan fingerprint density at radius 1 is 1.15 bits per heavy atom. The number of aryl methyl sites for hydroxylation is 1. The standard InChI is InChI=1S/C19H17N3O2S2/c1-12-21-16(10-26-12)14-3-5-15(6-4-14)22-19(25)20-9-13-2-7-17-18(8-13)24-11-23-17/h2-8,10H,9,11H2,1H3,(H2,20,22,25). The quantitative estimate of drug-likeness (QED) is 0.654. The van der Waals surface area contributed by atoms with Crippen molar-refractivity contribution in [2.45, 2.75) is 13.5 Å². The lowest BCUT2D eigenvalue weighted by Crippen LogP contribution is -2.27. The van der Waals surface area contributed by atoms with Gasteiger partial charge in [-0.2, -0.15) is 0 Å². The lowest BCUT2D eigenvalue weighted by molar-refractivity contribution is 0.174. The van der Waals surface area contributed by atoms with Gasteiger partial charge in [-0.1, -0.05) is 18.2 Å². The van der Waals surface area contributed by atoms with Gasteiger partial charge in [0.1, 0.15) is 0 Å². The molecular formula is C19H17N3O2S2. The number of benzene rings is 2. The van der Waals surface area contributed by atoms with Crippen LogP contribution in [0.4, 0.5) is 5.69 Å². The maximum Gasteiger partial charge on any atom is 0.231 e. The summed E-state index contributed by atoms with van der Waals surface area (Å²) in [6.07, 6.45) is 0. The molecule has 1 aromatic heterocycles. The fourth-order valence-electron chi connectivity index (χ4n) is 2.63. The molecule has 0 spiro atoms. The van der Waals surface area contributed by atoms with Crippen LogP contribution in [0.1, 0.15) is 10.6 Å². The minimum Gasteiger partial charge on any atom is -0.454 e. The van der Waals surface area contributed by atoms with Gasteiger partial charge in [0.25, 0.3) is 0 Å². The van der Waals surface area contributed by atoms with Gasteiger partial charge in [0.2, 0.25) is 6.79 Å². The molecule has 0 radical (unpaired) electrons. The first kappa shape index (κ1) is 16.8. The molecule has 2 heterocycles. The number of ether oxygens (including phenoxy) is 2. The highest BCUT2D eigenvalue weighted by atomic mass is 32.1. The van der Waals surface area contributed by atoms with Gasteiger partial charge in [0.15, 0.2) is 16.6 Å². The molecule has 0 amide bonds. The maximum absolute atomic E-state index is 5.39. The molecule has 0 aliphatic carbocycles. The number of thiocarbonyl (C=S) groups is 1. The van der Waals surface area contributed by atoms with Crippen LogP contribution in [-0.2, 0) is 6.54 Å². The van der Waals surface area contributed by atoms with Crippen LogP contribution >= 0.6 is 23.6 Å². The minimum atomic E-state index is 0.280. The Kier molecular flexibility index (Phi) is 4.73. The average Bonchev–Trinajstić information content (AvgIpc) is 3.29. The molecule has 0 atom stereocenters. The van der Waals surface area contributed by atoms with Crippen molar-refractivity contribution in [2.24, 2.45) is 0 Å². The Balaban J connectivity index is 1.33. The number of thiazole rings is 1. The molecule has 4 rings (SSSR count). The predicted octanol–water partition coefficient (Wildman–Crippen LogP) is 4.33. The Hall–Kier alpha value is -2.64. The molecule has 0 saturated carbocycles. The van der Waals surface area contributed by atoms with Gasteiger partial charge in [0.05, 0.1) is 10.7 Å². The molecular weight excluding hydrogens is 366 g/mol. The highest BCUT2D eigenvalue weighted by Gasteiger charge is 2.13. The molecule has 1 aliphatic rings. The van der Waals surface area contributed by atoms with Gasteiger partial charge in [0, 0.05) is 23.2 Å². The Labute approximate surface area is 161 Å². The van der Waals surface area contributed by atoms with Gasteiger partial charge in [-0.05, 0) is 49.0 Å². The van der Waals surface area contributed by atoms with E-state index < -0.39 is 0 Å². The number of aromatic nitrogens is 1. The second kappa shape index (κ2) is 7.31. The van der Waals surface area contributed by atoms with Gasteiger partial charge >= 0.3 is 0 Å². The summed E-state index contributed by atoms with van der Waals surface area (Å²) in [5, 5.41) is 10.1. The molecule has 26 heavy (non-hydrogen) atoms. The van der Waals surface area contributed by atoms with Crippen molar-refractivity contribution in [3.05, 3.63) is 58.4 Å². The smallest absolute Gasteiger partial charge is 0.231 e. The number of nitrogens with zero attached hydrogens (tertiary/aromatic N) is 1. The van der Waals surface area contributed by atoms with Crippen molar-refractivity contribution in [1.82, 2.24) is 10.3 Å². The molecule has 3 aromatic rings. The lowest BCUT2D eigenvalue weighted by atomic mass is 10.1. The minimum absolute atomic E-state index is 0.280. The molecule has 2 N–H and O–H groups in total. The van der Waals surface area contributed by atoms with E-state index in [9.17, 15) is 0 Å². The van der Waals surface area contributed by atoms with Crippen molar-refractivity contribution in [1.29, 1.82) is 0 Å². The SMILES string of the molecule is Cc1nc(-c2ccc(NC(=S)NCc3ccc4c(c3)OCO4)cc2)cs1. The molecule has 2 aromatic carbocycles. The Morgan fingerprint density at radius 3 is 2.73 bits per heavy atom. The first-order chi connectivity index (χ1) is 12.7. The van der Waals surface area contributed by atoms with Crippen LogP contribution in [-0.4, -0.2) is 16.9 Å².